The van der Waals surface area contributed by atoms with Crippen LogP contribution in [0, 0.1) is 34.6 Å². The molecule has 0 saturated carbocycles. The molecule has 0 unspecified atom stereocenters. The van der Waals surface area contributed by atoms with Crippen LogP contribution < -0.4 is 10.0 Å². The number of sulfonamides is 1. The van der Waals surface area contributed by atoms with E-state index in [0.29, 0.717) is 35.5 Å². The number of nitrogens with zero attached hydrogens (tertiary/aromatic N) is 2. The van der Waals surface area contributed by atoms with Gasteiger partial charge in [-0.05, 0) is 69.0 Å². The number of amides is 1. The van der Waals surface area contributed by atoms with Gasteiger partial charge in [0.05, 0.1) is 23.3 Å². The van der Waals surface area contributed by atoms with E-state index in [2.05, 4.69) is 15.1 Å². The molecule has 0 saturated heterocycles. The Bertz CT molecular complexity index is 1210. The lowest BCUT2D eigenvalue weighted by Gasteiger charge is -2.16. The van der Waals surface area contributed by atoms with E-state index >= 15 is 0 Å². The third kappa shape index (κ3) is 5.32. The number of rotatable bonds is 7. The van der Waals surface area contributed by atoms with Gasteiger partial charge < -0.3 is 5.32 Å². The molecule has 0 bridgehead atoms. The van der Waals surface area contributed by atoms with E-state index < -0.39 is 10.0 Å². The number of aromatic nitrogens is 2. The van der Waals surface area contributed by atoms with Crippen molar-refractivity contribution in [3.8, 4) is 0 Å². The molecule has 2 N–H and O–H groups in total. The lowest BCUT2D eigenvalue weighted by atomic mass is 10.1. The van der Waals surface area contributed by atoms with Crippen LogP contribution in [0.4, 0.5) is 5.69 Å². The fraction of sp³-hybridized carbons (Fsp3) is 0.304. The fourth-order valence-electron chi connectivity index (χ4n) is 3.63. The maximum absolute atomic E-state index is 13.1. The van der Waals surface area contributed by atoms with Gasteiger partial charge in [-0.2, -0.15) is 5.10 Å². The number of carbonyl (C=O) groups excluding carboxylic acids is 1. The Balaban J connectivity index is 1.77. The minimum absolute atomic E-state index is 0.266. The Morgan fingerprint density at radius 3 is 2.26 bits per heavy atom. The van der Waals surface area contributed by atoms with Gasteiger partial charge in [-0.15, -0.1) is 0 Å². The number of nitrogens with one attached hydrogen (secondary N) is 2. The molecule has 0 atom stereocenters. The van der Waals surface area contributed by atoms with Crippen LogP contribution in [-0.2, 0) is 16.6 Å². The molecule has 0 radical (unpaired) electrons. The number of anilines is 1. The zero-order chi connectivity index (χ0) is 22.8. The quantitative estimate of drug-likeness (QED) is 0.586. The third-order valence-electron chi connectivity index (χ3n) is 5.01. The second-order valence-electron chi connectivity index (χ2n) is 7.90. The zero-order valence-corrected chi connectivity index (χ0v) is 19.3. The number of aryl methyl sites for hydroxylation is 5. The van der Waals surface area contributed by atoms with Gasteiger partial charge in [0.25, 0.3) is 15.9 Å². The van der Waals surface area contributed by atoms with Crippen LogP contribution in [-0.4, -0.2) is 30.7 Å². The van der Waals surface area contributed by atoms with Crippen LogP contribution in [0.3, 0.4) is 0 Å². The van der Waals surface area contributed by atoms with E-state index in [1.165, 1.54) is 0 Å². The van der Waals surface area contributed by atoms with Crippen molar-refractivity contribution in [3.63, 3.8) is 0 Å². The van der Waals surface area contributed by atoms with Crippen LogP contribution in [0.25, 0.3) is 0 Å². The van der Waals surface area contributed by atoms with Crippen molar-refractivity contribution in [2.24, 2.45) is 0 Å². The molecular formula is C23H28N4O3S. The van der Waals surface area contributed by atoms with Crippen LogP contribution in [0.15, 0.2) is 47.6 Å². The Labute approximate surface area is 183 Å². The molecule has 164 valence electrons. The molecular weight excluding hydrogens is 412 g/mol. The Morgan fingerprint density at radius 2 is 1.65 bits per heavy atom. The summed E-state index contributed by atoms with van der Waals surface area (Å²) >= 11 is 0. The molecule has 2 aromatic carbocycles. The Hall–Kier alpha value is -3.13. The lowest BCUT2D eigenvalue weighted by molar-refractivity contribution is 0.0952. The second-order valence-corrected chi connectivity index (χ2v) is 9.52. The van der Waals surface area contributed by atoms with E-state index in [1.807, 2.05) is 32.2 Å². The van der Waals surface area contributed by atoms with Crippen LogP contribution in [0.1, 0.15) is 38.2 Å². The second kappa shape index (κ2) is 8.93. The van der Waals surface area contributed by atoms with Gasteiger partial charge in [0, 0.05) is 18.3 Å². The lowest BCUT2D eigenvalue weighted by Crippen LogP contribution is -2.27. The van der Waals surface area contributed by atoms with Gasteiger partial charge in [-0.3, -0.25) is 14.2 Å². The Morgan fingerprint density at radius 1 is 0.968 bits per heavy atom. The molecule has 0 aliphatic rings. The molecule has 1 heterocycles. The summed E-state index contributed by atoms with van der Waals surface area (Å²) in [6.07, 6.45) is 3.66. The van der Waals surface area contributed by atoms with Crippen LogP contribution in [0.5, 0.6) is 0 Å². The summed E-state index contributed by atoms with van der Waals surface area (Å²) in [7, 11) is -3.80. The number of hydrogen-bond donors (Lipinski definition) is 2. The Kier molecular flexibility index (Phi) is 6.50. The summed E-state index contributed by atoms with van der Waals surface area (Å²) in [5.74, 6) is -0.271. The molecule has 1 aromatic heterocycles. The minimum Gasteiger partial charge on any atom is -0.350 e. The summed E-state index contributed by atoms with van der Waals surface area (Å²) < 4.78 is 30.6. The molecule has 0 aliphatic carbocycles. The van der Waals surface area contributed by atoms with Gasteiger partial charge >= 0.3 is 0 Å². The van der Waals surface area contributed by atoms with Crippen molar-refractivity contribution in [1.29, 1.82) is 0 Å². The molecule has 1 amide bonds. The van der Waals surface area contributed by atoms with Gasteiger partial charge in [-0.1, -0.05) is 23.8 Å². The average molecular weight is 441 g/mol. The normalized spacial score (nSPS) is 11.4. The highest BCUT2D eigenvalue weighted by Gasteiger charge is 2.21. The standard InChI is InChI=1S/C23H28N4O3S/c1-15-10-18(4)22(19(5)11-15)31(29,30)26-21-12-20(7-6-17(21)3)23(28)24-8-9-27-14-16(2)13-25-27/h6-7,10-14,26H,8-9H2,1-5H3,(H,24,28). The highest BCUT2D eigenvalue weighted by molar-refractivity contribution is 7.92. The number of benzene rings is 2. The predicted octanol–water partition coefficient (Wildman–Crippen LogP) is 3.66. The first-order valence-corrected chi connectivity index (χ1v) is 11.5. The average Bonchev–Trinajstić information content (AvgIpc) is 3.07. The van der Waals surface area contributed by atoms with E-state index in [0.717, 1.165) is 16.7 Å². The van der Waals surface area contributed by atoms with Crippen LogP contribution >= 0.6 is 0 Å². The van der Waals surface area contributed by atoms with Gasteiger partial charge in [0.1, 0.15) is 0 Å². The number of hydrogen-bond acceptors (Lipinski definition) is 4. The maximum atomic E-state index is 13.1. The molecule has 31 heavy (non-hydrogen) atoms. The largest absolute Gasteiger partial charge is 0.350 e. The molecule has 7 nitrogen and oxygen atoms in total. The van der Waals surface area contributed by atoms with Crippen molar-refractivity contribution in [3.05, 3.63) is 76.1 Å². The van der Waals surface area contributed by atoms with Gasteiger partial charge in [0.2, 0.25) is 0 Å². The van der Waals surface area contributed by atoms with E-state index in [1.54, 1.807) is 49.8 Å². The van der Waals surface area contributed by atoms with Crippen molar-refractivity contribution < 1.29 is 13.2 Å². The monoisotopic (exact) mass is 440 g/mol. The number of carbonyl (C=O) groups is 1. The highest BCUT2D eigenvalue weighted by atomic mass is 32.2. The third-order valence-corrected chi connectivity index (χ3v) is 6.68. The van der Waals surface area contributed by atoms with Crippen LogP contribution in [0.2, 0.25) is 0 Å². The maximum Gasteiger partial charge on any atom is 0.262 e. The van der Waals surface area contributed by atoms with E-state index in [4.69, 9.17) is 0 Å². The SMILES string of the molecule is Cc1cc(C)c(S(=O)(=O)Nc2cc(C(=O)NCCn3cc(C)cn3)ccc2C)c(C)c1. The first kappa shape index (κ1) is 22.6. The summed E-state index contributed by atoms with van der Waals surface area (Å²) in [6, 6.07) is 8.68. The predicted molar refractivity (Wildman–Crippen MR) is 122 cm³/mol. The van der Waals surface area contributed by atoms with E-state index in [9.17, 15) is 13.2 Å². The summed E-state index contributed by atoms with van der Waals surface area (Å²) in [6.45, 7) is 10.2. The highest BCUT2D eigenvalue weighted by Crippen LogP contribution is 2.26. The minimum atomic E-state index is -3.80. The summed E-state index contributed by atoms with van der Waals surface area (Å²) in [5, 5.41) is 7.03. The molecule has 8 heteroatoms. The topological polar surface area (TPSA) is 93.1 Å². The molecule has 0 aliphatic heterocycles. The summed E-state index contributed by atoms with van der Waals surface area (Å²) in [5.41, 5.74) is 4.94. The smallest absolute Gasteiger partial charge is 0.262 e. The molecule has 3 aromatic rings. The van der Waals surface area contributed by atoms with Crippen molar-refractivity contribution in [2.45, 2.75) is 46.1 Å². The first-order chi connectivity index (χ1) is 14.6. The van der Waals surface area contributed by atoms with Crippen molar-refractivity contribution in [2.75, 3.05) is 11.3 Å². The molecule has 3 rings (SSSR count). The van der Waals surface area contributed by atoms with Crippen molar-refractivity contribution in [1.82, 2.24) is 15.1 Å². The van der Waals surface area contributed by atoms with E-state index in [-0.39, 0.29) is 10.8 Å². The molecule has 0 spiro atoms. The van der Waals surface area contributed by atoms with Crippen molar-refractivity contribution >= 4 is 21.6 Å². The first-order valence-electron chi connectivity index (χ1n) is 10.1. The van der Waals surface area contributed by atoms with Gasteiger partial charge in [-0.25, -0.2) is 8.42 Å². The molecule has 0 fully saturated rings. The van der Waals surface area contributed by atoms with Gasteiger partial charge in [0.15, 0.2) is 0 Å². The fourth-order valence-corrected chi connectivity index (χ4v) is 5.21. The zero-order valence-electron chi connectivity index (χ0n) is 18.5. The summed E-state index contributed by atoms with van der Waals surface area (Å²) in [4.78, 5) is 12.8.